The fraction of sp³-hybridized carbons (Fsp3) is 0.400. The highest BCUT2D eigenvalue weighted by molar-refractivity contribution is 9.10. The Hall–Kier alpha value is -3.46. The number of ether oxygens (including phenoxy) is 2. The average molecular weight is 600 g/mol. The number of benzene rings is 2. The van der Waals surface area contributed by atoms with E-state index in [2.05, 4.69) is 44.9 Å². The van der Waals surface area contributed by atoms with Crippen LogP contribution >= 0.6 is 15.9 Å². The van der Waals surface area contributed by atoms with Crippen LogP contribution in [0.1, 0.15) is 44.9 Å². The molecular formula is C30H39BrN4O4. The van der Waals surface area contributed by atoms with Gasteiger partial charge in [0.05, 0.1) is 26.5 Å². The number of halogens is 1. The molecule has 0 saturated carbocycles. The van der Waals surface area contributed by atoms with Crippen molar-refractivity contribution in [2.75, 3.05) is 32.6 Å². The monoisotopic (exact) mass is 598 g/mol. The van der Waals surface area contributed by atoms with E-state index in [9.17, 15) is 9.59 Å². The van der Waals surface area contributed by atoms with Crippen LogP contribution in [-0.4, -0.2) is 59.7 Å². The fourth-order valence-corrected chi connectivity index (χ4v) is 4.46. The van der Waals surface area contributed by atoms with E-state index in [1.54, 1.807) is 30.2 Å². The minimum atomic E-state index is -0.365. The average Bonchev–Trinajstić information content (AvgIpc) is 3.36. The highest BCUT2D eigenvalue weighted by atomic mass is 79.9. The Balaban J connectivity index is 1.74. The molecule has 1 heterocycles. The number of carbonyl (C=O) groups is 2. The molecule has 2 aromatic carbocycles. The minimum Gasteiger partial charge on any atom is -0.497 e. The molecule has 0 aliphatic rings. The first kappa shape index (κ1) is 30.1. The zero-order valence-electron chi connectivity index (χ0n) is 23.4. The second kappa shape index (κ2) is 14.6. The molecule has 210 valence electrons. The van der Waals surface area contributed by atoms with Gasteiger partial charge >= 0.3 is 6.03 Å². The molecule has 1 aromatic heterocycles. The highest BCUT2D eigenvalue weighted by Gasteiger charge is 2.25. The summed E-state index contributed by atoms with van der Waals surface area (Å²) >= 11 is 3.49. The van der Waals surface area contributed by atoms with E-state index in [-0.39, 0.29) is 24.5 Å². The molecule has 3 amide bonds. The molecule has 1 N–H and O–H groups in total. The van der Waals surface area contributed by atoms with Crippen LogP contribution in [0.4, 0.5) is 10.5 Å². The maximum absolute atomic E-state index is 13.6. The molecule has 8 nitrogen and oxygen atoms in total. The van der Waals surface area contributed by atoms with Gasteiger partial charge < -0.3 is 29.2 Å². The number of nitrogens with zero attached hydrogens (tertiary/aromatic N) is 3. The number of urea groups is 1. The first-order valence-electron chi connectivity index (χ1n) is 13.2. The molecule has 0 spiro atoms. The number of hydrogen-bond acceptors (Lipinski definition) is 4. The lowest BCUT2D eigenvalue weighted by atomic mass is 10.2. The zero-order valence-corrected chi connectivity index (χ0v) is 25.0. The van der Waals surface area contributed by atoms with Gasteiger partial charge in [0, 0.05) is 41.6 Å². The highest BCUT2D eigenvalue weighted by Crippen LogP contribution is 2.29. The normalized spacial score (nSPS) is 10.8. The Morgan fingerprint density at radius 1 is 1.05 bits per heavy atom. The third-order valence-electron chi connectivity index (χ3n) is 6.52. The summed E-state index contributed by atoms with van der Waals surface area (Å²) in [7, 11) is 3.10. The van der Waals surface area contributed by atoms with Crippen LogP contribution in [0.5, 0.6) is 11.5 Å². The van der Waals surface area contributed by atoms with Crippen molar-refractivity contribution in [1.29, 1.82) is 0 Å². The van der Waals surface area contributed by atoms with Gasteiger partial charge in [-0.25, -0.2) is 4.79 Å². The summed E-state index contributed by atoms with van der Waals surface area (Å²) < 4.78 is 13.9. The Kier molecular flexibility index (Phi) is 11.3. The lowest BCUT2D eigenvalue weighted by Gasteiger charge is -2.30. The summed E-state index contributed by atoms with van der Waals surface area (Å²) in [6.45, 7) is 7.69. The van der Waals surface area contributed by atoms with E-state index in [4.69, 9.17) is 9.47 Å². The van der Waals surface area contributed by atoms with Gasteiger partial charge in [-0.05, 0) is 62.2 Å². The van der Waals surface area contributed by atoms with Crippen LogP contribution in [0.3, 0.4) is 0 Å². The molecule has 39 heavy (non-hydrogen) atoms. The molecule has 9 heteroatoms. The molecule has 0 unspecified atom stereocenters. The summed E-state index contributed by atoms with van der Waals surface area (Å²) in [6.07, 6.45) is 3.89. The zero-order chi connectivity index (χ0) is 28.4. The van der Waals surface area contributed by atoms with E-state index >= 15 is 0 Å². The molecule has 0 atom stereocenters. The lowest BCUT2D eigenvalue weighted by Crippen LogP contribution is -2.47. The second-order valence-corrected chi connectivity index (χ2v) is 10.6. The second-order valence-electron chi connectivity index (χ2n) is 9.64. The Labute approximate surface area is 240 Å². The third kappa shape index (κ3) is 8.51. The number of rotatable bonds is 13. The standard InChI is InChI=1S/C30H39BrN4O4/c1-6-7-16-34(20-25-9-8-17-33(25)19-23-10-12-24(31)13-11-23)29(36)21-35(22(2)3)30(37)32-27-15-14-26(38-4)18-28(27)39-5/h8-15,17-18,22H,6-7,16,19-21H2,1-5H3,(H,32,37). The molecule has 0 fully saturated rings. The van der Waals surface area contributed by atoms with Crippen LogP contribution in [0.25, 0.3) is 0 Å². The fourth-order valence-electron chi connectivity index (χ4n) is 4.19. The van der Waals surface area contributed by atoms with E-state index in [0.29, 0.717) is 30.3 Å². The van der Waals surface area contributed by atoms with Crippen LogP contribution in [0.2, 0.25) is 0 Å². The Morgan fingerprint density at radius 3 is 2.44 bits per heavy atom. The van der Waals surface area contributed by atoms with Crippen LogP contribution in [-0.2, 0) is 17.9 Å². The van der Waals surface area contributed by atoms with Gasteiger partial charge in [-0.3, -0.25) is 4.79 Å². The summed E-state index contributed by atoms with van der Waals surface area (Å²) in [5, 5.41) is 2.90. The van der Waals surface area contributed by atoms with Gasteiger partial charge in [0.1, 0.15) is 18.0 Å². The van der Waals surface area contributed by atoms with Crippen molar-refractivity contribution >= 4 is 33.6 Å². The van der Waals surface area contributed by atoms with E-state index in [1.807, 2.05) is 49.2 Å². The van der Waals surface area contributed by atoms with Crippen LogP contribution < -0.4 is 14.8 Å². The largest absolute Gasteiger partial charge is 0.497 e. The van der Waals surface area contributed by atoms with Crippen molar-refractivity contribution in [2.45, 2.75) is 52.7 Å². The topological polar surface area (TPSA) is 76.0 Å². The number of amides is 3. The molecule has 0 radical (unpaired) electrons. The quantitative estimate of drug-likeness (QED) is 0.247. The maximum atomic E-state index is 13.6. The van der Waals surface area contributed by atoms with E-state index < -0.39 is 0 Å². The Bertz CT molecular complexity index is 1230. The van der Waals surface area contributed by atoms with Gasteiger partial charge in [-0.2, -0.15) is 0 Å². The molecule has 0 saturated heterocycles. The van der Waals surface area contributed by atoms with Crippen molar-refractivity contribution in [1.82, 2.24) is 14.4 Å². The molecule has 0 bridgehead atoms. The summed E-state index contributed by atoms with van der Waals surface area (Å²) in [5.74, 6) is 1.01. The molecule has 0 aliphatic carbocycles. The number of carbonyl (C=O) groups excluding carboxylic acids is 2. The molecule has 0 aliphatic heterocycles. The summed E-state index contributed by atoms with van der Waals surface area (Å²) in [4.78, 5) is 30.3. The van der Waals surface area contributed by atoms with Crippen LogP contribution in [0.15, 0.2) is 65.3 Å². The predicted molar refractivity (Wildman–Crippen MR) is 158 cm³/mol. The Morgan fingerprint density at radius 2 is 1.79 bits per heavy atom. The molecular weight excluding hydrogens is 560 g/mol. The number of unbranched alkanes of at least 4 members (excludes halogenated alkanes) is 1. The lowest BCUT2D eigenvalue weighted by molar-refractivity contribution is -0.132. The minimum absolute atomic E-state index is 0.0287. The van der Waals surface area contributed by atoms with Crippen molar-refractivity contribution in [3.63, 3.8) is 0 Å². The van der Waals surface area contributed by atoms with Crippen molar-refractivity contribution in [3.05, 3.63) is 76.5 Å². The smallest absolute Gasteiger partial charge is 0.322 e. The number of aromatic nitrogens is 1. The molecule has 3 aromatic rings. The van der Waals surface area contributed by atoms with Gasteiger partial charge in [-0.1, -0.05) is 41.4 Å². The van der Waals surface area contributed by atoms with Crippen molar-refractivity contribution in [2.24, 2.45) is 0 Å². The van der Waals surface area contributed by atoms with E-state index in [0.717, 1.165) is 29.6 Å². The van der Waals surface area contributed by atoms with Gasteiger partial charge in [0.25, 0.3) is 0 Å². The SMILES string of the molecule is CCCCN(Cc1cccn1Cc1ccc(Br)cc1)C(=O)CN(C(=O)Nc1ccc(OC)cc1OC)C(C)C. The first-order valence-corrected chi connectivity index (χ1v) is 14.0. The number of methoxy groups -OCH3 is 2. The predicted octanol–water partition coefficient (Wildman–Crippen LogP) is 6.39. The van der Waals surface area contributed by atoms with Crippen LogP contribution in [0, 0.1) is 0 Å². The maximum Gasteiger partial charge on any atom is 0.322 e. The number of nitrogens with one attached hydrogen (secondary N) is 1. The number of anilines is 1. The first-order chi connectivity index (χ1) is 18.7. The molecule has 3 rings (SSSR count). The van der Waals surface area contributed by atoms with Gasteiger partial charge in [0.2, 0.25) is 5.91 Å². The summed E-state index contributed by atoms with van der Waals surface area (Å²) in [5.41, 5.74) is 2.74. The third-order valence-corrected chi connectivity index (χ3v) is 7.05. The number of hydrogen-bond donors (Lipinski definition) is 1. The van der Waals surface area contributed by atoms with Crippen molar-refractivity contribution < 1.29 is 19.1 Å². The van der Waals surface area contributed by atoms with Gasteiger partial charge in [-0.15, -0.1) is 0 Å². The van der Waals surface area contributed by atoms with E-state index in [1.165, 1.54) is 12.7 Å². The summed E-state index contributed by atoms with van der Waals surface area (Å²) in [6, 6.07) is 16.9. The van der Waals surface area contributed by atoms with Gasteiger partial charge in [0.15, 0.2) is 0 Å². The van der Waals surface area contributed by atoms with Crippen molar-refractivity contribution in [3.8, 4) is 11.5 Å².